The Balaban J connectivity index is 2.95. The molecule has 0 unspecified atom stereocenters. The van der Waals surface area contributed by atoms with E-state index in [2.05, 4.69) is 21.3 Å². The third kappa shape index (κ3) is 5.85. The highest BCUT2D eigenvalue weighted by Crippen LogP contribution is 2.18. The summed E-state index contributed by atoms with van der Waals surface area (Å²) >= 11 is 0. The van der Waals surface area contributed by atoms with Crippen molar-refractivity contribution in [2.45, 2.75) is 13.3 Å². The Labute approximate surface area is 124 Å². The molecular formula is C14H18N2O4S. The molecule has 3 N–H and O–H groups in total. The molecule has 0 atom stereocenters. The number of anilines is 1. The molecule has 0 saturated heterocycles. The average molecular weight is 310 g/mol. The molecule has 0 amide bonds. The summed E-state index contributed by atoms with van der Waals surface area (Å²) in [7, 11) is -2.44. The van der Waals surface area contributed by atoms with Gasteiger partial charge in [0.15, 0.2) is 0 Å². The zero-order chi connectivity index (χ0) is 15.9. The summed E-state index contributed by atoms with van der Waals surface area (Å²) in [6.45, 7) is 2.02. The van der Waals surface area contributed by atoms with Gasteiger partial charge in [-0.1, -0.05) is 17.9 Å². The Kier molecular flexibility index (Phi) is 6.21. The van der Waals surface area contributed by atoms with E-state index in [1.54, 1.807) is 12.1 Å². The Morgan fingerprint density at radius 3 is 2.76 bits per heavy atom. The van der Waals surface area contributed by atoms with Crippen molar-refractivity contribution in [3.05, 3.63) is 29.3 Å². The molecule has 0 fully saturated rings. The minimum absolute atomic E-state index is 0.183. The van der Waals surface area contributed by atoms with Crippen molar-refractivity contribution in [3.8, 4) is 11.8 Å². The van der Waals surface area contributed by atoms with Crippen LogP contribution in [0.5, 0.6) is 0 Å². The number of sulfonamides is 1. The van der Waals surface area contributed by atoms with Crippen LogP contribution in [0.4, 0.5) is 5.69 Å². The fourth-order valence-corrected chi connectivity index (χ4v) is 2.58. The topological polar surface area (TPSA) is 98.5 Å². The van der Waals surface area contributed by atoms with Gasteiger partial charge in [-0.3, -0.25) is 9.52 Å². The van der Waals surface area contributed by atoms with E-state index in [0.717, 1.165) is 5.56 Å². The van der Waals surface area contributed by atoms with Crippen LogP contribution in [-0.4, -0.2) is 33.8 Å². The quantitative estimate of drug-likeness (QED) is 0.613. The second-order valence-corrected chi connectivity index (χ2v) is 6.14. The van der Waals surface area contributed by atoms with Gasteiger partial charge < -0.3 is 10.5 Å². The molecule has 7 heteroatoms. The Hall–Kier alpha value is -2.04. The van der Waals surface area contributed by atoms with Crippen LogP contribution in [0.15, 0.2) is 18.2 Å². The number of esters is 1. The summed E-state index contributed by atoms with van der Waals surface area (Å²) < 4.78 is 30.8. The lowest BCUT2D eigenvalue weighted by Gasteiger charge is -2.10. The molecular weight excluding hydrogens is 292 g/mol. The standard InChI is InChI=1S/C14H18N2O4S/c1-11-5-6-12(4-3-8-15)13(10-11)16-21(18,19)9-7-14(17)20-2/h5-6,10,16H,7-9,15H2,1-2H3. The largest absolute Gasteiger partial charge is 0.469 e. The maximum absolute atomic E-state index is 12.0. The highest BCUT2D eigenvalue weighted by molar-refractivity contribution is 7.92. The van der Waals surface area contributed by atoms with Gasteiger partial charge in [-0.2, -0.15) is 0 Å². The normalized spacial score (nSPS) is 10.4. The molecule has 6 nitrogen and oxygen atoms in total. The van der Waals surface area contributed by atoms with Crippen molar-refractivity contribution in [1.29, 1.82) is 0 Å². The van der Waals surface area contributed by atoms with Gasteiger partial charge in [0, 0.05) is 5.56 Å². The number of rotatable bonds is 5. The van der Waals surface area contributed by atoms with Crippen LogP contribution in [0.2, 0.25) is 0 Å². The predicted octanol–water partition coefficient (Wildman–Crippen LogP) is 0.610. The van der Waals surface area contributed by atoms with Gasteiger partial charge in [-0.15, -0.1) is 0 Å². The number of carbonyl (C=O) groups is 1. The number of benzene rings is 1. The first-order chi connectivity index (χ1) is 9.88. The number of hydrogen-bond donors (Lipinski definition) is 2. The van der Waals surface area contributed by atoms with Crippen molar-refractivity contribution < 1.29 is 17.9 Å². The Morgan fingerprint density at radius 2 is 2.14 bits per heavy atom. The number of nitrogens with two attached hydrogens (primary N) is 1. The molecule has 21 heavy (non-hydrogen) atoms. The monoisotopic (exact) mass is 310 g/mol. The second-order valence-electron chi connectivity index (χ2n) is 4.30. The molecule has 114 valence electrons. The highest BCUT2D eigenvalue weighted by Gasteiger charge is 2.15. The molecule has 0 heterocycles. The van der Waals surface area contributed by atoms with Crippen LogP contribution < -0.4 is 10.5 Å². The number of ether oxygens (including phenoxy) is 1. The maximum atomic E-state index is 12.0. The van der Waals surface area contributed by atoms with Crippen LogP contribution in [0, 0.1) is 18.8 Å². The molecule has 0 aliphatic carbocycles. The van der Waals surface area contributed by atoms with Gasteiger partial charge in [0.1, 0.15) is 0 Å². The molecule has 0 saturated carbocycles. The van der Waals surface area contributed by atoms with Crippen LogP contribution >= 0.6 is 0 Å². The van der Waals surface area contributed by atoms with Gasteiger partial charge in [0.25, 0.3) is 0 Å². The van der Waals surface area contributed by atoms with E-state index in [1.807, 2.05) is 13.0 Å². The van der Waals surface area contributed by atoms with Gasteiger partial charge in [-0.25, -0.2) is 8.42 Å². The van der Waals surface area contributed by atoms with Crippen molar-refractivity contribution in [1.82, 2.24) is 0 Å². The van der Waals surface area contributed by atoms with Gasteiger partial charge >= 0.3 is 5.97 Å². The fraction of sp³-hybridized carbons (Fsp3) is 0.357. The SMILES string of the molecule is COC(=O)CCS(=O)(=O)Nc1cc(C)ccc1C#CCN. The third-order valence-electron chi connectivity index (χ3n) is 2.57. The number of aryl methyl sites for hydroxylation is 1. The number of methoxy groups -OCH3 is 1. The molecule has 1 aromatic carbocycles. The minimum Gasteiger partial charge on any atom is -0.469 e. The molecule has 0 spiro atoms. The Morgan fingerprint density at radius 1 is 1.43 bits per heavy atom. The summed E-state index contributed by atoms with van der Waals surface area (Å²) in [6.07, 6.45) is -0.207. The van der Waals surface area contributed by atoms with E-state index in [9.17, 15) is 13.2 Å². The highest BCUT2D eigenvalue weighted by atomic mass is 32.2. The number of nitrogens with one attached hydrogen (secondary N) is 1. The lowest BCUT2D eigenvalue weighted by molar-refractivity contribution is -0.140. The van der Waals surface area contributed by atoms with E-state index in [4.69, 9.17) is 5.73 Å². The summed E-state index contributed by atoms with van der Waals surface area (Å²) in [5.41, 5.74) is 7.11. The maximum Gasteiger partial charge on any atom is 0.306 e. The summed E-state index contributed by atoms with van der Waals surface area (Å²) in [5.74, 6) is 4.56. The number of hydrogen-bond acceptors (Lipinski definition) is 5. The zero-order valence-electron chi connectivity index (χ0n) is 12.0. The Bertz CT molecular complexity index is 672. The van der Waals surface area contributed by atoms with Crippen molar-refractivity contribution in [2.24, 2.45) is 5.73 Å². The van der Waals surface area contributed by atoms with Crippen LogP contribution in [0.25, 0.3) is 0 Å². The minimum atomic E-state index is -3.65. The third-order valence-corrected chi connectivity index (χ3v) is 3.84. The summed E-state index contributed by atoms with van der Waals surface area (Å²) in [6, 6.07) is 5.22. The van der Waals surface area contributed by atoms with E-state index in [1.165, 1.54) is 7.11 Å². The smallest absolute Gasteiger partial charge is 0.306 e. The molecule has 0 bridgehead atoms. The van der Waals surface area contributed by atoms with Crippen molar-refractivity contribution in [2.75, 3.05) is 24.1 Å². The van der Waals surface area contributed by atoms with E-state index < -0.39 is 16.0 Å². The van der Waals surface area contributed by atoms with E-state index in [0.29, 0.717) is 11.3 Å². The second kappa shape index (κ2) is 7.67. The average Bonchev–Trinajstić information content (AvgIpc) is 2.43. The first-order valence-corrected chi connectivity index (χ1v) is 7.90. The first kappa shape index (κ1) is 17.0. The molecule has 1 rings (SSSR count). The van der Waals surface area contributed by atoms with Crippen LogP contribution in [0.1, 0.15) is 17.5 Å². The van der Waals surface area contributed by atoms with Crippen molar-refractivity contribution >= 4 is 21.7 Å². The fourth-order valence-electron chi connectivity index (χ4n) is 1.54. The lowest BCUT2D eigenvalue weighted by atomic mass is 10.1. The predicted molar refractivity (Wildman–Crippen MR) is 81.2 cm³/mol. The van der Waals surface area contributed by atoms with Gasteiger partial charge in [0.05, 0.1) is 31.5 Å². The van der Waals surface area contributed by atoms with Crippen LogP contribution in [0.3, 0.4) is 0 Å². The van der Waals surface area contributed by atoms with Crippen molar-refractivity contribution in [3.63, 3.8) is 0 Å². The lowest BCUT2D eigenvalue weighted by Crippen LogP contribution is -2.20. The zero-order valence-corrected chi connectivity index (χ0v) is 12.8. The van der Waals surface area contributed by atoms with E-state index >= 15 is 0 Å². The molecule has 0 aliphatic heterocycles. The van der Waals surface area contributed by atoms with Gasteiger partial charge in [0.2, 0.25) is 10.0 Å². The summed E-state index contributed by atoms with van der Waals surface area (Å²) in [4.78, 5) is 11.0. The molecule has 0 aromatic heterocycles. The van der Waals surface area contributed by atoms with Gasteiger partial charge in [-0.05, 0) is 24.6 Å². The molecule has 0 radical (unpaired) electrons. The summed E-state index contributed by atoms with van der Waals surface area (Å²) in [5, 5.41) is 0. The number of carbonyl (C=O) groups excluding carboxylic acids is 1. The molecule has 1 aromatic rings. The van der Waals surface area contributed by atoms with Crippen LogP contribution in [-0.2, 0) is 19.6 Å². The molecule has 0 aliphatic rings. The van der Waals surface area contributed by atoms with E-state index in [-0.39, 0.29) is 18.7 Å². The first-order valence-electron chi connectivity index (χ1n) is 6.25.